The van der Waals surface area contributed by atoms with Gasteiger partial charge in [-0.2, -0.15) is 0 Å². The summed E-state index contributed by atoms with van der Waals surface area (Å²) >= 11 is 0. The lowest BCUT2D eigenvalue weighted by atomic mass is 10.2. The number of carbonyl (C=O) groups is 1. The maximum atomic E-state index is 11.3. The number of nitrogens with one attached hydrogen (secondary N) is 1. The summed E-state index contributed by atoms with van der Waals surface area (Å²) in [5.74, 6) is -0.462. The van der Waals surface area contributed by atoms with E-state index >= 15 is 0 Å². The number of nitrogen functional groups attached to an aromatic ring is 1. The van der Waals surface area contributed by atoms with Crippen LogP contribution in [0.2, 0.25) is 0 Å². The number of anilines is 3. The average Bonchev–Trinajstić information content (AvgIpc) is 2.41. The van der Waals surface area contributed by atoms with Crippen LogP contribution in [-0.4, -0.2) is 18.1 Å². The summed E-state index contributed by atoms with van der Waals surface area (Å²) in [6.07, 6.45) is 1.55. The van der Waals surface area contributed by atoms with Gasteiger partial charge in [0.25, 0.3) is 0 Å². The van der Waals surface area contributed by atoms with E-state index in [0.717, 1.165) is 11.4 Å². The molecule has 0 aliphatic heterocycles. The predicted octanol–water partition coefficient (Wildman–Crippen LogP) is 2.19. The van der Waals surface area contributed by atoms with Crippen molar-refractivity contribution < 1.29 is 9.53 Å². The Morgan fingerprint density at radius 3 is 2.61 bits per heavy atom. The first-order chi connectivity index (χ1) is 8.69. The fourth-order valence-electron chi connectivity index (χ4n) is 1.46. The van der Waals surface area contributed by atoms with Crippen molar-refractivity contribution in [3.63, 3.8) is 0 Å². The van der Waals surface area contributed by atoms with Crippen LogP contribution in [0.15, 0.2) is 42.6 Å². The van der Waals surface area contributed by atoms with E-state index in [9.17, 15) is 4.79 Å². The Labute approximate surface area is 105 Å². The highest BCUT2D eigenvalue weighted by Crippen LogP contribution is 2.18. The number of pyridine rings is 1. The minimum absolute atomic E-state index is 0.262. The van der Waals surface area contributed by atoms with E-state index in [2.05, 4.69) is 15.0 Å². The van der Waals surface area contributed by atoms with Crippen LogP contribution >= 0.6 is 0 Å². The van der Waals surface area contributed by atoms with Crippen LogP contribution < -0.4 is 11.1 Å². The molecule has 0 bridgehead atoms. The molecule has 0 aliphatic rings. The molecule has 2 aromatic rings. The molecule has 0 unspecified atom stereocenters. The summed E-state index contributed by atoms with van der Waals surface area (Å²) in [7, 11) is 1.32. The SMILES string of the molecule is COC(=O)c1cc(Nc2ccc(N)cc2)ccn1. The van der Waals surface area contributed by atoms with E-state index in [1.165, 1.54) is 7.11 Å². The van der Waals surface area contributed by atoms with Crippen LogP contribution in [0.4, 0.5) is 17.1 Å². The zero-order chi connectivity index (χ0) is 13.0. The second kappa shape index (κ2) is 5.18. The molecule has 2 rings (SSSR count). The molecule has 1 heterocycles. The number of ether oxygens (including phenoxy) is 1. The van der Waals surface area contributed by atoms with Crippen LogP contribution in [-0.2, 0) is 4.74 Å². The van der Waals surface area contributed by atoms with Crippen molar-refractivity contribution in [3.05, 3.63) is 48.3 Å². The van der Waals surface area contributed by atoms with Crippen LogP contribution in [0.25, 0.3) is 0 Å². The van der Waals surface area contributed by atoms with Gasteiger partial charge in [0.1, 0.15) is 5.69 Å². The zero-order valence-corrected chi connectivity index (χ0v) is 9.88. The van der Waals surface area contributed by atoms with Gasteiger partial charge in [-0.25, -0.2) is 9.78 Å². The van der Waals surface area contributed by atoms with E-state index in [4.69, 9.17) is 5.73 Å². The predicted molar refractivity (Wildman–Crippen MR) is 69.7 cm³/mol. The standard InChI is InChI=1S/C13H13N3O2/c1-18-13(17)12-8-11(6-7-15-12)16-10-4-2-9(14)3-5-10/h2-8H,14H2,1H3,(H,15,16). The number of nitrogens with two attached hydrogens (primary N) is 1. The largest absolute Gasteiger partial charge is 0.464 e. The van der Waals surface area contributed by atoms with Gasteiger partial charge in [-0.15, -0.1) is 0 Å². The number of hydrogen-bond acceptors (Lipinski definition) is 5. The molecule has 0 saturated heterocycles. The summed E-state index contributed by atoms with van der Waals surface area (Å²) in [5, 5.41) is 3.15. The van der Waals surface area contributed by atoms with Crippen LogP contribution in [0.5, 0.6) is 0 Å². The highest BCUT2D eigenvalue weighted by molar-refractivity contribution is 5.88. The van der Waals surface area contributed by atoms with Crippen LogP contribution in [0.1, 0.15) is 10.5 Å². The lowest BCUT2D eigenvalue weighted by Gasteiger charge is -2.07. The molecule has 0 amide bonds. The second-order valence-corrected chi connectivity index (χ2v) is 3.67. The average molecular weight is 243 g/mol. The van der Waals surface area contributed by atoms with Gasteiger partial charge in [0.15, 0.2) is 0 Å². The Hall–Kier alpha value is -2.56. The molecule has 0 radical (unpaired) electrons. The summed E-state index contributed by atoms with van der Waals surface area (Å²) in [6.45, 7) is 0. The number of rotatable bonds is 3. The van der Waals surface area contributed by atoms with Crippen molar-refractivity contribution in [2.75, 3.05) is 18.2 Å². The lowest BCUT2D eigenvalue weighted by molar-refractivity contribution is 0.0594. The first-order valence-corrected chi connectivity index (χ1v) is 5.36. The van der Waals surface area contributed by atoms with Crippen molar-refractivity contribution >= 4 is 23.0 Å². The molecule has 0 atom stereocenters. The van der Waals surface area contributed by atoms with Gasteiger partial charge in [-0.1, -0.05) is 0 Å². The summed E-state index contributed by atoms with van der Waals surface area (Å²) < 4.78 is 4.61. The molecular weight excluding hydrogens is 230 g/mol. The van der Waals surface area contributed by atoms with Crippen molar-refractivity contribution in [2.45, 2.75) is 0 Å². The van der Waals surface area contributed by atoms with E-state index in [-0.39, 0.29) is 5.69 Å². The Kier molecular flexibility index (Phi) is 3.43. The van der Waals surface area contributed by atoms with Gasteiger partial charge in [0, 0.05) is 23.3 Å². The quantitative estimate of drug-likeness (QED) is 0.638. The summed E-state index contributed by atoms with van der Waals surface area (Å²) in [6, 6.07) is 10.7. The minimum atomic E-state index is -0.462. The number of carbonyl (C=O) groups excluding carboxylic acids is 1. The van der Waals surface area contributed by atoms with Gasteiger partial charge in [-0.05, 0) is 36.4 Å². The minimum Gasteiger partial charge on any atom is -0.464 e. The maximum Gasteiger partial charge on any atom is 0.356 e. The molecule has 0 aliphatic carbocycles. The maximum absolute atomic E-state index is 11.3. The van der Waals surface area contributed by atoms with Crippen molar-refractivity contribution in [2.24, 2.45) is 0 Å². The number of nitrogens with zero attached hydrogens (tertiary/aromatic N) is 1. The third kappa shape index (κ3) is 2.76. The zero-order valence-electron chi connectivity index (χ0n) is 9.88. The van der Waals surface area contributed by atoms with Gasteiger partial charge < -0.3 is 15.8 Å². The number of benzene rings is 1. The van der Waals surface area contributed by atoms with Crippen molar-refractivity contribution in [1.82, 2.24) is 4.98 Å². The summed E-state index contributed by atoms with van der Waals surface area (Å²) in [5.41, 5.74) is 8.20. The molecule has 1 aromatic heterocycles. The van der Waals surface area contributed by atoms with Crippen molar-refractivity contribution in [3.8, 4) is 0 Å². The van der Waals surface area contributed by atoms with Crippen molar-refractivity contribution in [1.29, 1.82) is 0 Å². The van der Waals surface area contributed by atoms with E-state index in [0.29, 0.717) is 5.69 Å². The number of hydrogen-bond donors (Lipinski definition) is 2. The molecular formula is C13H13N3O2. The fourth-order valence-corrected chi connectivity index (χ4v) is 1.46. The highest BCUT2D eigenvalue weighted by Gasteiger charge is 2.07. The Morgan fingerprint density at radius 1 is 1.22 bits per heavy atom. The number of esters is 1. The van der Waals surface area contributed by atoms with Crippen LogP contribution in [0.3, 0.4) is 0 Å². The molecule has 5 heteroatoms. The highest BCUT2D eigenvalue weighted by atomic mass is 16.5. The fraction of sp³-hybridized carbons (Fsp3) is 0.0769. The van der Waals surface area contributed by atoms with Gasteiger partial charge in [0.05, 0.1) is 7.11 Å². The van der Waals surface area contributed by atoms with Crippen LogP contribution in [0, 0.1) is 0 Å². The van der Waals surface area contributed by atoms with E-state index < -0.39 is 5.97 Å². The first-order valence-electron chi connectivity index (χ1n) is 5.36. The molecule has 3 N–H and O–H groups in total. The second-order valence-electron chi connectivity index (χ2n) is 3.67. The number of methoxy groups -OCH3 is 1. The van der Waals surface area contributed by atoms with Gasteiger partial charge in [0.2, 0.25) is 0 Å². The Balaban J connectivity index is 2.19. The lowest BCUT2D eigenvalue weighted by Crippen LogP contribution is -2.04. The smallest absolute Gasteiger partial charge is 0.356 e. The molecule has 0 saturated carbocycles. The first kappa shape index (κ1) is 11.9. The Morgan fingerprint density at radius 2 is 1.94 bits per heavy atom. The molecule has 18 heavy (non-hydrogen) atoms. The molecule has 92 valence electrons. The normalized spacial score (nSPS) is 9.83. The third-order valence-corrected chi connectivity index (χ3v) is 2.35. The topological polar surface area (TPSA) is 77.2 Å². The van der Waals surface area contributed by atoms with E-state index in [1.807, 2.05) is 12.1 Å². The van der Waals surface area contributed by atoms with Gasteiger partial charge >= 0.3 is 5.97 Å². The van der Waals surface area contributed by atoms with E-state index in [1.54, 1.807) is 30.5 Å². The number of aromatic nitrogens is 1. The summed E-state index contributed by atoms with van der Waals surface area (Å²) in [4.78, 5) is 15.3. The van der Waals surface area contributed by atoms with Gasteiger partial charge in [-0.3, -0.25) is 0 Å². The molecule has 0 fully saturated rings. The molecule has 5 nitrogen and oxygen atoms in total. The molecule has 1 aromatic carbocycles. The third-order valence-electron chi connectivity index (χ3n) is 2.35. The molecule has 0 spiro atoms. The monoisotopic (exact) mass is 243 g/mol. The Bertz CT molecular complexity index is 552.